The maximum Gasteiger partial charge on any atom is 0.222 e. The normalized spacial score (nSPS) is 16.8. The Morgan fingerprint density at radius 1 is 1.47 bits per heavy atom. The minimum absolute atomic E-state index is 0.0105. The van der Waals surface area contributed by atoms with E-state index in [0.717, 1.165) is 29.8 Å². The molecule has 104 valence electrons. The number of hydrogen-bond acceptors (Lipinski definition) is 3. The molecule has 1 aliphatic rings. The summed E-state index contributed by atoms with van der Waals surface area (Å²) in [5, 5.41) is 0. The molecule has 4 nitrogen and oxygen atoms in total. The molecule has 0 aliphatic carbocycles. The van der Waals surface area contributed by atoms with Crippen molar-refractivity contribution in [3.63, 3.8) is 0 Å². The highest BCUT2D eigenvalue weighted by molar-refractivity contribution is 5.78. The van der Waals surface area contributed by atoms with E-state index in [1.807, 2.05) is 30.9 Å². The average molecular weight is 262 g/mol. The summed E-state index contributed by atoms with van der Waals surface area (Å²) in [4.78, 5) is 13.6. The van der Waals surface area contributed by atoms with E-state index >= 15 is 0 Å². The fourth-order valence-corrected chi connectivity index (χ4v) is 2.38. The molecule has 0 aromatic heterocycles. The number of likely N-dealkylation sites (tertiary alicyclic amines) is 1. The average Bonchev–Trinajstić information content (AvgIpc) is 2.77. The van der Waals surface area contributed by atoms with E-state index in [2.05, 4.69) is 6.07 Å². The van der Waals surface area contributed by atoms with Gasteiger partial charge in [0.05, 0.1) is 6.61 Å². The lowest BCUT2D eigenvalue weighted by molar-refractivity contribution is -0.128. The predicted octanol–water partition coefficient (Wildman–Crippen LogP) is 2.23. The Labute approximate surface area is 114 Å². The van der Waals surface area contributed by atoms with Crippen molar-refractivity contribution in [2.45, 2.75) is 39.3 Å². The molecule has 2 rings (SSSR count). The van der Waals surface area contributed by atoms with E-state index in [0.29, 0.717) is 19.6 Å². The van der Waals surface area contributed by atoms with Gasteiger partial charge in [-0.1, -0.05) is 6.07 Å². The third-order valence-electron chi connectivity index (χ3n) is 3.44. The molecule has 1 aromatic rings. The molecule has 19 heavy (non-hydrogen) atoms. The molecule has 1 aliphatic heterocycles. The van der Waals surface area contributed by atoms with Crippen LogP contribution in [0, 0.1) is 0 Å². The van der Waals surface area contributed by atoms with Crippen LogP contribution in [0.15, 0.2) is 18.2 Å². The van der Waals surface area contributed by atoms with Crippen molar-refractivity contribution in [1.82, 2.24) is 4.90 Å². The first-order valence-electron chi connectivity index (χ1n) is 6.90. The van der Waals surface area contributed by atoms with E-state index in [4.69, 9.17) is 10.5 Å². The standard InChI is InChI=1S/C15H22N2O2/c1-3-19-14-7-6-12(11(2)16)9-13(14)10-17-8-4-5-15(17)18/h6-7,9,11H,3-5,8,10,16H2,1-2H3. The first kappa shape index (κ1) is 13.9. The van der Waals surface area contributed by atoms with Crippen molar-refractivity contribution in [3.05, 3.63) is 29.3 Å². The molecule has 1 heterocycles. The lowest BCUT2D eigenvalue weighted by atomic mass is 10.0. The van der Waals surface area contributed by atoms with E-state index in [1.54, 1.807) is 0 Å². The zero-order valence-electron chi connectivity index (χ0n) is 11.7. The summed E-state index contributed by atoms with van der Waals surface area (Å²) >= 11 is 0. The quantitative estimate of drug-likeness (QED) is 0.885. The van der Waals surface area contributed by atoms with Gasteiger partial charge in [0.15, 0.2) is 0 Å². The number of nitrogens with zero attached hydrogens (tertiary/aromatic N) is 1. The van der Waals surface area contributed by atoms with E-state index in [9.17, 15) is 4.79 Å². The second-order valence-electron chi connectivity index (χ2n) is 5.01. The number of benzene rings is 1. The van der Waals surface area contributed by atoms with Crippen LogP contribution in [0.4, 0.5) is 0 Å². The van der Waals surface area contributed by atoms with Crippen molar-refractivity contribution in [3.8, 4) is 5.75 Å². The third-order valence-corrected chi connectivity index (χ3v) is 3.44. The lowest BCUT2D eigenvalue weighted by Gasteiger charge is -2.19. The Balaban J connectivity index is 2.23. The van der Waals surface area contributed by atoms with Gasteiger partial charge in [-0.25, -0.2) is 0 Å². The summed E-state index contributed by atoms with van der Waals surface area (Å²) in [5.41, 5.74) is 8.04. The summed E-state index contributed by atoms with van der Waals surface area (Å²) in [6, 6.07) is 5.99. The molecule has 1 fully saturated rings. The lowest BCUT2D eigenvalue weighted by Crippen LogP contribution is -2.24. The molecular formula is C15H22N2O2. The summed E-state index contributed by atoms with van der Waals surface area (Å²) in [6.45, 7) is 6.00. The molecular weight excluding hydrogens is 240 g/mol. The monoisotopic (exact) mass is 262 g/mol. The number of amides is 1. The fraction of sp³-hybridized carbons (Fsp3) is 0.533. The molecule has 1 amide bonds. The van der Waals surface area contributed by atoms with Crippen molar-refractivity contribution in [2.75, 3.05) is 13.2 Å². The number of carbonyl (C=O) groups is 1. The van der Waals surface area contributed by atoms with Crippen LogP contribution in [0.25, 0.3) is 0 Å². The molecule has 1 atom stereocenters. The molecule has 0 radical (unpaired) electrons. The van der Waals surface area contributed by atoms with Gasteiger partial charge in [0, 0.05) is 31.1 Å². The highest BCUT2D eigenvalue weighted by Gasteiger charge is 2.21. The number of rotatable bonds is 5. The molecule has 0 spiro atoms. The summed E-state index contributed by atoms with van der Waals surface area (Å²) in [6.07, 6.45) is 1.62. The zero-order chi connectivity index (χ0) is 13.8. The Morgan fingerprint density at radius 2 is 2.26 bits per heavy atom. The smallest absolute Gasteiger partial charge is 0.222 e. The summed E-state index contributed by atoms with van der Waals surface area (Å²) in [5.74, 6) is 1.08. The Bertz CT molecular complexity index is 457. The van der Waals surface area contributed by atoms with Crippen LogP contribution in [0.2, 0.25) is 0 Å². The van der Waals surface area contributed by atoms with Crippen LogP contribution >= 0.6 is 0 Å². The Hall–Kier alpha value is -1.55. The van der Waals surface area contributed by atoms with Gasteiger partial charge in [0.1, 0.15) is 5.75 Å². The topological polar surface area (TPSA) is 55.6 Å². The van der Waals surface area contributed by atoms with Crippen LogP contribution in [0.3, 0.4) is 0 Å². The molecule has 0 bridgehead atoms. The van der Waals surface area contributed by atoms with Crippen molar-refractivity contribution in [1.29, 1.82) is 0 Å². The van der Waals surface area contributed by atoms with Gasteiger partial charge >= 0.3 is 0 Å². The highest BCUT2D eigenvalue weighted by Crippen LogP contribution is 2.26. The zero-order valence-corrected chi connectivity index (χ0v) is 11.7. The number of carbonyl (C=O) groups excluding carboxylic acids is 1. The van der Waals surface area contributed by atoms with Crippen LogP contribution in [0.5, 0.6) is 5.75 Å². The maximum absolute atomic E-state index is 11.7. The number of nitrogens with two attached hydrogens (primary N) is 1. The first-order valence-corrected chi connectivity index (χ1v) is 6.90. The number of ether oxygens (including phenoxy) is 1. The summed E-state index contributed by atoms with van der Waals surface area (Å²) in [7, 11) is 0. The van der Waals surface area contributed by atoms with Crippen molar-refractivity contribution < 1.29 is 9.53 Å². The highest BCUT2D eigenvalue weighted by atomic mass is 16.5. The van der Waals surface area contributed by atoms with Gasteiger partial charge in [0.25, 0.3) is 0 Å². The maximum atomic E-state index is 11.7. The Kier molecular flexibility index (Phi) is 4.43. The van der Waals surface area contributed by atoms with Gasteiger partial charge in [0.2, 0.25) is 5.91 Å². The Morgan fingerprint density at radius 3 is 2.84 bits per heavy atom. The second-order valence-corrected chi connectivity index (χ2v) is 5.01. The van der Waals surface area contributed by atoms with Gasteiger partial charge in [-0.2, -0.15) is 0 Å². The summed E-state index contributed by atoms with van der Waals surface area (Å²) < 4.78 is 5.64. The molecule has 4 heteroatoms. The van der Waals surface area contributed by atoms with Crippen LogP contribution in [0.1, 0.15) is 43.9 Å². The molecule has 1 aromatic carbocycles. The minimum atomic E-state index is -0.0105. The van der Waals surface area contributed by atoms with Gasteiger partial charge in [-0.3, -0.25) is 4.79 Å². The van der Waals surface area contributed by atoms with Crippen molar-refractivity contribution >= 4 is 5.91 Å². The van der Waals surface area contributed by atoms with Gasteiger partial charge in [-0.05, 0) is 38.0 Å². The van der Waals surface area contributed by atoms with Crippen LogP contribution in [-0.2, 0) is 11.3 Å². The van der Waals surface area contributed by atoms with E-state index in [1.165, 1.54) is 0 Å². The molecule has 1 unspecified atom stereocenters. The van der Waals surface area contributed by atoms with Gasteiger partial charge in [-0.15, -0.1) is 0 Å². The minimum Gasteiger partial charge on any atom is -0.494 e. The van der Waals surface area contributed by atoms with Gasteiger partial charge < -0.3 is 15.4 Å². The third kappa shape index (κ3) is 3.26. The van der Waals surface area contributed by atoms with Crippen molar-refractivity contribution in [2.24, 2.45) is 5.73 Å². The molecule has 1 saturated heterocycles. The van der Waals surface area contributed by atoms with Crippen LogP contribution in [-0.4, -0.2) is 24.0 Å². The van der Waals surface area contributed by atoms with E-state index in [-0.39, 0.29) is 11.9 Å². The predicted molar refractivity (Wildman–Crippen MR) is 74.9 cm³/mol. The van der Waals surface area contributed by atoms with Crippen LogP contribution < -0.4 is 10.5 Å². The molecule has 0 saturated carbocycles. The van der Waals surface area contributed by atoms with E-state index < -0.39 is 0 Å². The number of hydrogen-bond donors (Lipinski definition) is 1. The molecule has 2 N–H and O–H groups in total. The SMILES string of the molecule is CCOc1ccc(C(C)N)cc1CN1CCCC1=O. The fourth-order valence-electron chi connectivity index (χ4n) is 2.38. The first-order chi connectivity index (χ1) is 9.11. The second kappa shape index (κ2) is 6.06. The largest absolute Gasteiger partial charge is 0.494 e.